The quantitative estimate of drug-likeness (QED) is 0.177. The van der Waals surface area contributed by atoms with Gasteiger partial charge in [0.1, 0.15) is 6.23 Å². The number of hydrogen-bond donors (Lipinski definition) is 2. The lowest BCUT2D eigenvalue weighted by atomic mass is 10.0. The number of aromatic nitrogens is 6. The molecule has 4 aromatic rings. The topological polar surface area (TPSA) is 124 Å². The summed E-state index contributed by atoms with van der Waals surface area (Å²) in [6.45, 7) is 9.70. The number of benzene rings is 1. The van der Waals surface area contributed by atoms with Gasteiger partial charge in [-0.05, 0) is 94.5 Å². The van der Waals surface area contributed by atoms with Gasteiger partial charge in [-0.25, -0.2) is 24.6 Å². The highest BCUT2D eigenvalue weighted by Crippen LogP contribution is 2.33. The largest absolute Gasteiger partial charge is 0.359 e. The molecule has 2 N–H and O–H groups in total. The Hall–Kier alpha value is -4.28. The Bertz CT molecular complexity index is 1720. The van der Waals surface area contributed by atoms with Crippen LogP contribution < -0.4 is 5.32 Å². The number of nitrogens with one attached hydrogen (secondary N) is 2. The zero-order chi connectivity index (χ0) is 32.0. The first-order chi connectivity index (χ1) is 22.5. The van der Waals surface area contributed by atoms with Crippen LogP contribution in [-0.2, 0) is 15.9 Å². The molecule has 0 spiro atoms. The van der Waals surface area contributed by atoms with Crippen molar-refractivity contribution in [1.82, 2.24) is 35.0 Å². The third kappa shape index (κ3) is 6.78. The van der Waals surface area contributed by atoms with Gasteiger partial charge in [-0.1, -0.05) is 32.0 Å². The van der Waals surface area contributed by atoms with E-state index in [0.29, 0.717) is 23.8 Å². The number of hydrogen-bond acceptors (Lipinski definition) is 9. The molecule has 0 amide bonds. The SMILES string of the molecule is CCC(=N)/C(C)=C(\NC1CCCCO1)c1ccnc(-c2cccc(-c3nccc(-c4c(C)c(CC)nn4C4CCCCO4)n3)c2)n1. The van der Waals surface area contributed by atoms with Gasteiger partial charge in [0, 0.05) is 42.4 Å². The number of nitrogens with zero attached hydrogens (tertiary/aromatic N) is 6. The fraction of sp³-hybridized carbons (Fsp3) is 0.444. The van der Waals surface area contributed by atoms with Gasteiger partial charge in [0.05, 0.1) is 28.5 Å². The lowest BCUT2D eigenvalue weighted by molar-refractivity contribution is -0.0386. The summed E-state index contributed by atoms with van der Waals surface area (Å²) in [7, 11) is 0. The minimum atomic E-state index is -0.104. The molecule has 240 valence electrons. The predicted molar refractivity (Wildman–Crippen MR) is 180 cm³/mol. The van der Waals surface area contributed by atoms with Gasteiger partial charge in [-0.3, -0.25) is 0 Å². The molecule has 2 aliphatic rings. The molecule has 46 heavy (non-hydrogen) atoms. The molecule has 0 bridgehead atoms. The van der Waals surface area contributed by atoms with E-state index in [1.807, 2.05) is 61.1 Å². The molecule has 1 aromatic carbocycles. The number of aryl methyl sites for hydroxylation is 1. The zero-order valence-corrected chi connectivity index (χ0v) is 27.3. The molecule has 5 heterocycles. The Morgan fingerprint density at radius 3 is 2.33 bits per heavy atom. The van der Waals surface area contributed by atoms with Crippen LogP contribution in [-0.4, -0.2) is 54.9 Å². The van der Waals surface area contributed by atoms with Crippen molar-refractivity contribution < 1.29 is 9.47 Å². The van der Waals surface area contributed by atoms with Gasteiger partial charge in [0.2, 0.25) is 0 Å². The number of ether oxygens (including phenoxy) is 2. The fourth-order valence-electron chi connectivity index (χ4n) is 6.20. The first-order valence-corrected chi connectivity index (χ1v) is 16.6. The average Bonchev–Trinajstić information content (AvgIpc) is 3.46. The van der Waals surface area contributed by atoms with Gasteiger partial charge in [-0.15, -0.1) is 0 Å². The minimum Gasteiger partial charge on any atom is -0.359 e. The van der Waals surface area contributed by atoms with E-state index >= 15 is 0 Å². The van der Waals surface area contributed by atoms with Crippen molar-refractivity contribution in [2.24, 2.45) is 0 Å². The highest BCUT2D eigenvalue weighted by Gasteiger charge is 2.25. The van der Waals surface area contributed by atoms with Crippen LogP contribution in [0.2, 0.25) is 0 Å². The molecule has 2 saturated heterocycles. The lowest BCUT2D eigenvalue weighted by Gasteiger charge is -2.27. The summed E-state index contributed by atoms with van der Waals surface area (Å²) >= 11 is 0. The first-order valence-electron chi connectivity index (χ1n) is 16.6. The van der Waals surface area contributed by atoms with E-state index in [2.05, 4.69) is 29.1 Å². The van der Waals surface area contributed by atoms with Crippen LogP contribution in [0.4, 0.5) is 0 Å². The van der Waals surface area contributed by atoms with E-state index in [1.54, 1.807) is 6.20 Å². The Labute approximate surface area is 271 Å². The van der Waals surface area contributed by atoms with Crippen LogP contribution in [0.5, 0.6) is 0 Å². The van der Waals surface area contributed by atoms with Gasteiger partial charge in [0.25, 0.3) is 0 Å². The zero-order valence-electron chi connectivity index (χ0n) is 27.3. The minimum absolute atomic E-state index is 0.0864. The summed E-state index contributed by atoms with van der Waals surface area (Å²) in [5.41, 5.74) is 8.70. The van der Waals surface area contributed by atoms with Crippen molar-refractivity contribution in [3.05, 3.63) is 71.3 Å². The van der Waals surface area contributed by atoms with Crippen LogP contribution in [0.1, 0.15) is 88.9 Å². The molecule has 10 heteroatoms. The Morgan fingerprint density at radius 2 is 1.65 bits per heavy atom. The molecule has 10 nitrogen and oxygen atoms in total. The summed E-state index contributed by atoms with van der Waals surface area (Å²) < 4.78 is 14.2. The molecule has 2 fully saturated rings. The van der Waals surface area contributed by atoms with Gasteiger partial charge < -0.3 is 20.2 Å². The maximum absolute atomic E-state index is 8.55. The standard InChI is InChI=1S/C36H44N8O2/c1-5-27(37)23(3)33(42-31-14-7-9-20-45-31)29-16-18-38-35(40-29)25-12-11-13-26(22-25)36-39-19-17-30(41-36)34-24(4)28(6-2)43-44(34)32-15-8-10-21-46-32/h11-13,16-19,22,31-32,37,42H,5-10,14-15,20-21H2,1-4H3/b33-23-,37-27?. The van der Waals surface area contributed by atoms with Crippen molar-refractivity contribution in [1.29, 1.82) is 5.41 Å². The second-order valence-corrected chi connectivity index (χ2v) is 12.0. The van der Waals surface area contributed by atoms with E-state index in [1.165, 1.54) is 0 Å². The molecule has 0 radical (unpaired) electrons. The second-order valence-electron chi connectivity index (χ2n) is 12.0. The normalized spacial score (nSPS) is 19.0. The predicted octanol–water partition coefficient (Wildman–Crippen LogP) is 7.31. The molecule has 0 saturated carbocycles. The summed E-state index contributed by atoms with van der Waals surface area (Å²) in [6, 6.07) is 11.9. The molecule has 3 aromatic heterocycles. The summed E-state index contributed by atoms with van der Waals surface area (Å²) in [5, 5.41) is 17.1. The first kappa shape index (κ1) is 31.7. The Kier molecular flexibility index (Phi) is 9.94. The van der Waals surface area contributed by atoms with Crippen LogP contribution in [0.15, 0.2) is 54.4 Å². The number of rotatable bonds is 10. The van der Waals surface area contributed by atoms with Crippen molar-refractivity contribution in [2.75, 3.05) is 13.2 Å². The molecular weight excluding hydrogens is 576 g/mol. The van der Waals surface area contributed by atoms with Crippen molar-refractivity contribution in [3.8, 4) is 34.2 Å². The van der Waals surface area contributed by atoms with Crippen LogP contribution >= 0.6 is 0 Å². The van der Waals surface area contributed by atoms with Crippen molar-refractivity contribution in [3.63, 3.8) is 0 Å². The number of allylic oxidation sites excluding steroid dienone is 1. The van der Waals surface area contributed by atoms with Crippen LogP contribution in [0.25, 0.3) is 39.9 Å². The average molecular weight is 621 g/mol. The van der Waals surface area contributed by atoms with Crippen molar-refractivity contribution >= 4 is 11.4 Å². The van der Waals surface area contributed by atoms with E-state index in [-0.39, 0.29) is 12.5 Å². The van der Waals surface area contributed by atoms with E-state index in [9.17, 15) is 0 Å². The summed E-state index contributed by atoms with van der Waals surface area (Å²) in [5.74, 6) is 1.21. The molecule has 2 atom stereocenters. The van der Waals surface area contributed by atoms with Crippen LogP contribution in [0.3, 0.4) is 0 Å². The van der Waals surface area contributed by atoms with Crippen LogP contribution in [0, 0.1) is 12.3 Å². The Morgan fingerprint density at radius 1 is 0.935 bits per heavy atom. The second kappa shape index (κ2) is 14.4. The lowest BCUT2D eigenvalue weighted by Crippen LogP contribution is -2.34. The van der Waals surface area contributed by atoms with E-state index < -0.39 is 0 Å². The summed E-state index contributed by atoms with van der Waals surface area (Å²) in [6.07, 6.45) is 11.1. The van der Waals surface area contributed by atoms with Crippen molar-refractivity contribution in [2.45, 2.75) is 91.5 Å². The molecule has 2 unspecified atom stereocenters. The third-order valence-corrected chi connectivity index (χ3v) is 8.86. The smallest absolute Gasteiger partial charge is 0.159 e. The molecule has 2 aliphatic heterocycles. The van der Waals surface area contributed by atoms with E-state index in [0.717, 1.165) is 109 Å². The van der Waals surface area contributed by atoms with Gasteiger partial charge in [-0.2, -0.15) is 5.10 Å². The maximum Gasteiger partial charge on any atom is 0.159 e. The van der Waals surface area contributed by atoms with E-state index in [4.69, 9.17) is 29.9 Å². The highest BCUT2D eigenvalue weighted by molar-refractivity contribution is 6.03. The summed E-state index contributed by atoms with van der Waals surface area (Å²) in [4.78, 5) is 19.3. The fourth-order valence-corrected chi connectivity index (χ4v) is 6.20. The highest BCUT2D eigenvalue weighted by atomic mass is 16.5. The maximum atomic E-state index is 8.55. The Balaban J connectivity index is 1.34. The van der Waals surface area contributed by atoms with Gasteiger partial charge >= 0.3 is 0 Å². The molecular formula is C36H44N8O2. The molecule has 0 aliphatic carbocycles. The third-order valence-electron chi connectivity index (χ3n) is 8.86. The molecule has 6 rings (SSSR count). The van der Waals surface area contributed by atoms with Gasteiger partial charge in [0.15, 0.2) is 17.9 Å². The monoisotopic (exact) mass is 620 g/mol.